The number of halogens is 1. The number of nitrogens with zero attached hydrogens (tertiary/aromatic N) is 4. The van der Waals surface area contributed by atoms with E-state index < -0.39 is 0 Å². The van der Waals surface area contributed by atoms with Crippen LogP contribution < -0.4 is 10.6 Å². The summed E-state index contributed by atoms with van der Waals surface area (Å²) in [5.41, 5.74) is 4.11. The van der Waals surface area contributed by atoms with Crippen molar-refractivity contribution in [3.63, 3.8) is 0 Å². The first-order chi connectivity index (χ1) is 16.0. The molecule has 1 aliphatic rings. The molecule has 5 rings (SSSR count). The number of likely N-dealkylation sites (tertiary alicyclic amines) is 1. The van der Waals surface area contributed by atoms with Gasteiger partial charge < -0.3 is 15.5 Å². The van der Waals surface area contributed by atoms with Crippen molar-refractivity contribution in [3.8, 4) is 11.1 Å². The number of anilines is 2. The number of hydrogen-bond acceptors (Lipinski definition) is 5. The van der Waals surface area contributed by atoms with Crippen molar-refractivity contribution in [2.24, 2.45) is 0 Å². The van der Waals surface area contributed by atoms with Gasteiger partial charge in [-0.05, 0) is 87.1 Å². The summed E-state index contributed by atoms with van der Waals surface area (Å²) in [4.78, 5) is 19.6. The molecule has 8 heteroatoms. The van der Waals surface area contributed by atoms with E-state index in [1.165, 1.54) is 0 Å². The molecule has 2 aromatic heterocycles. The normalized spacial score (nSPS) is 15.0. The Kier molecular flexibility index (Phi) is 5.98. The lowest BCUT2D eigenvalue weighted by atomic mass is 10.0. The van der Waals surface area contributed by atoms with Gasteiger partial charge in [-0.2, -0.15) is 4.98 Å². The van der Waals surface area contributed by atoms with Gasteiger partial charge in [-0.25, -0.2) is 4.52 Å². The maximum Gasteiger partial charge on any atom is 0.251 e. The lowest BCUT2D eigenvalue weighted by molar-refractivity contribution is 0.0917. The Morgan fingerprint density at radius 1 is 1.06 bits per heavy atom. The van der Waals surface area contributed by atoms with Crippen LogP contribution in [0.4, 0.5) is 11.6 Å². The van der Waals surface area contributed by atoms with Gasteiger partial charge in [-0.15, -0.1) is 5.10 Å². The van der Waals surface area contributed by atoms with E-state index in [0.717, 1.165) is 48.4 Å². The van der Waals surface area contributed by atoms with Crippen LogP contribution in [0.2, 0.25) is 5.02 Å². The Labute approximate surface area is 197 Å². The fourth-order valence-electron chi connectivity index (χ4n) is 4.10. The van der Waals surface area contributed by atoms with Gasteiger partial charge in [-0.3, -0.25) is 4.79 Å². The van der Waals surface area contributed by atoms with Crippen LogP contribution in [0, 0.1) is 0 Å². The second-order valence-corrected chi connectivity index (χ2v) is 8.83. The Morgan fingerprint density at radius 2 is 1.85 bits per heavy atom. The molecule has 2 N–H and O–H groups in total. The topological polar surface area (TPSA) is 74.6 Å². The van der Waals surface area contributed by atoms with Crippen molar-refractivity contribution in [2.45, 2.75) is 18.9 Å². The van der Waals surface area contributed by atoms with Crippen molar-refractivity contribution < 1.29 is 4.79 Å². The van der Waals surface area contributed by atoms with Crippen molar-refractivity contribution >= 4 is 34.8 Å². The zero-order valence-electron chi connectivity index (χ0n) is 18.3. The minimum absolute atomic E-state index is 0.0341. The molecular weight excluding hydrogens is 436 g/mol. The highest BCUT2D eigenvalue weighted by atomic mass is 35.5. The molecule has 4 aromatic rings. The molecule has 1 fully saturated rings. The largest absolute Gasteiger partial charge is 0.349 e. The van der Waals surface area contributed by atoms with Crippen LogP contribution in [0.1, 0.15) is 23.2 Å². The minimum Gasteiger partial charge on any atom is -0.349 e. The van der Waals surface area contributed by atoms with Crippen LogP contribution in [0.15, 0.2) is 66.9 Å². The highest BCUT2D eigenvalue weighted by Crippen LogP contribution is 2.27. The van der Waals surface area contributed by atoms with Gasteiger partial charge in [0.2, 0.25) is 5.95 Å². The number of benzene rings is 2. The van der Waals surface area contributed by atoms with Gasteiger partial charge in [0.05, 0.1) is 0 Å². The molecule has 1 aliphatic heterocycles. The van der Waals surface area contributed by atoms with E-state index in [4.69, 9.17) is 11.6 Å². The fraction of sp³-hybridized carbons (Fsp3) is 0.240. The quantitative estimate of drug-likeness (QED) is 0.454. The highest BCUT2D eigenvalue weighted by molar-refractivity contribution is 6.30. The summed E-state index contributed by atoms with van der Waals surface area (Å²) < 4.78 is 1.74. The van der Waals surface area contributed by atoms with Crippen molar-refractivity contribution in [3.05, 3.63) is 77.4 Å². The molecule has 2 aromatic carbocycles. The number of carbonyl (C=O) groups excluding carboxylic acids is 1. The standard InChI is InChI=1S/C25H25ClN6O/c1-31-14-11-21(12-15-31)27-24(33)17-7-9-20(10-8-17)28-25-29-23-22(6-3-13-32(23)30-25)18-4-2-5-19(26)16-18/h2-10,13,16,21H,11-12,14-15H2,1H3,(H,27,33)(H,28,30). The zero-order valence-corrected chi connectivity index (χ0v) is 19.1. The third-order valence-corrected chi connectivity index (χ3v) is 6.19. The van der Waals surface area contributed by atoms with E-state index in [9.17, 15) is 4.79 Å². The number of rotatable bonds is 5. The molecule has 33 heavy (non-hydrogen) atoms. The summed E-state index contributed by atoms with van der Waals surface area (Å²) in [6.07, 6.45) is 3.83. The first kappa shape index (κ1) is 21.4. The Balaban J connectivity index is 1.30. The van der Waals surface area contributed by atoms with E-state index in [0.29, 0.717) is 16.5 Å². The average molecular weight is 461 g/mol. The van der Waals surface area contributed by atoms with Gasteiger partial charge in [0.25, 0.3) is 5.91 Å². The molecule has 168 valence electrons. The second kappa shape index (κ2) is 9.21. The van der Waals surface area contributed by atoms with Crippen LogP contribution in [0.3, 0.4) is 0 Å². The molecule has 0 spiro atoms. The smallest absolute Gasteiger partial charge is 0.251 e. The molecule has 0 unspecified atom stereocenters. The number of aromatic nitrogens is 3. The predicted octanol–water partition coefficient (Wildman–Crippen LogP) is 4.62. The zero-order chi connectivity index (χ0) is 22.8. The molecule has 0 saturated carbocycles. The minimum atomic E-state index is -0.0341. The van der Waals surface area contributed by atoms with Crippen molar-refractivity contribution in [1.82, 2.24) is 24.8 Å². The third-order valence-electron chi connectivity index (χ3n) is 5.95. The van der Waals surface area contributed by atoms with Gasteiger partial charge in [0, 0.05) is 34.1 Å². The molecule has 0 atom stereocenters. The average Bonchev–Trinajstić information content (AvgIpc) is 3.23. The summed E-state index contributed by atoms with van der Waals surface area (Å²) in [6.45, 7) is 2.03. The molecule has 7 nitrogen and oxygen atoms in total. The Morgan fingerprint density at radius 3 is 2.61 bits per heavy atom. The Hall–Kier alpha value is -3.42. The van der Waals surface area contributed by atoms with E-state index in [2.05, 4.69) is 32.7 Å². The van der Waals surface area contributed by atoms with Gasteiger partial charge in [0.15, 0.2) is 5.65 Å². The number of nitrogens with one attached hydrogen (secondary N) is 2. The number of fused-ring (bicyclic) bond motifs is 1. The van der Waals surface area contributed by atoms with Crippen molar-refractivity contribution in [2.75, 3.05) is 25.5 Å². The van der Waals surface area contributed by atoms with E-state index in [-0.39, 0.29) is 11.9 Å². The van der Waals surface area contributed by atoms with Crippen molar-refractivity contribution in [1.29, 1.82) is 0 Å². The summed E-state index contributed by atoms with van der Waals surface area (Å²) in [5, 5.41) is 11.6. The molecule has 0 aliphatic carbocycles. The summed E-state index contributed by atoms with van der Waals surface area (Å²) >= 11 is 6.17. The monoisotopic (exact) mass is 460 g/mol. The molecule has 0 radical (unpaired) electrons. The molecular formula is C25H25ClN6O. The van der Waals surface area contributed by atoms with Gasteiger partial charge in [0.1, 0.15) is 0 Å². The summed E-state index contributed by atoms with van der Waals surface area (Å²) in [6, 6.07) is 19.2. The molecule has 1 amide bonds. The van der Waals surface area contributed by atoms with Gasteiger partial charge in [-0.1, -0.05) is 23.7 Å². The van der Waals surface area contributed by atoms with Crippen LogP contribution in [0.25, 0.3) is 16.8 Å². The summed E-state index contributed by atoms with van der Waals surface area (Å²) in [7, 11) is 2.11. The number of hydrogen-bond donors (Lipinski definition) is 2. The van der Waals surface area contributed by atoms with E-state index in [1.54, 1.807) is 4.52 Å². The number of pyridine rings is 1. The summed E-state index contributed by atoms with van der Waals surface area (Å²) in [5.74, 6) is 0.445. The van der Waals surface area contributed by atoms with Crippen LogP contribution in [0.5, 0.6) is 0 Å². The van der Waals surface area contributed by atoms with E-state index in [1.807, 2.05) is 66.9 Å². The van der Waals surface area contributed by atoms with Crippen LogP contribution >= 0.6 is 11.6 Å². The van der Waals surface area contributed by atoms with Crippen LogP contribution in [-0.4, -0.2) is 51.6 Å². The number of piperidine rings is 1. The molecule has 0 bridgehead atoms. The third kappa shape index (κ3) is 4.84. The lowest BCUT2D eigenvalue weighted by Crippen LogP contribution is -2.43. The number of amides is 1. The highest BCUT2D eigenvalue weighted by Gasteiger charge is 2.19. The predicted molar refractivity (Wildman–Crippen MR) is 131 cm³/mol. The second-order valence-electron chi connectivity index (χ2n) is 8.39. The maximum atomic E-state index is 12.6. The van der Waals surface area contributed by atoms with Gasteiger partial charge >= 0.3 is 0 Å². The SMILES string of the molecule is CN1CCC(NC(=O)c2ccc(Nc3nc4c(-c5cccc(Cl)c5)cccn4n3)cc2)CC1. The molecule has 3 heterocycles. The maximum absolute atomic E-state index is 12.6. The van der Waals surface area contributed by atoms with E-state index >= 15 is 0 Å². The fourth-order valence-corrected chi connectivity index (χ4v) is 4.29. The molecule has 1 saturated heterocycles. The Bertz CT molecular complexity index is 1280. The number of carbonyl (C=O) groups is 1. The first-order valence-corrected chi connectivity index (χ1v) is 11.4. The lowest BCUT2D eigenvalue weighted by Gasteiger charge is -2.29. The first-order valence-electron chi connectivity index (χ1n) is 11.0. The van der Waals surface area contributed by atoms with Crippen LogP contribution in [-0.2, 0) is 0 Å².